The fourth-order valence-corrected chi connectivity index (χ4v) is 8.08. The summed E-state index contributed by atoms with van der Waals surface area (Å²) in [5.74, 6) is -0.244. The van der Waals surface area contributed by atoms with Crippen LogP contribution in [-0.2, 0) is 16.6 Å². The summed E-state index contributed by atoms with van der Waals surface area (Å²) in [5, 5.41) is 0.586. The van der Waals surface area contributed by atoms with Crippen LogP contribution in [0.15, 0.2) is 76.8 Å². The van der Waals surface area contributed by atoms with Crippen molar-refractivity contribution >= 4 is 54.4 Å². The molecule has 1 fully saturated rings. The molecule has 0 aliphatic carbocycles. The van der Waals surface area contributed by atoms with Crippen molar-refractivity contribution in [3.63, 3.8) is 0 Å². The van der Waals surface area contributed by atoms with E-state index in [0.29, 0.717) is 23.8 Å². The number of piperidine rings is 1. The Labute approximate surface area is 232 Å². The number of nitrogens with zero attached hydrogens (tertiary/aromatic N) is 4. The molecule has 2 aromatic heterocycles. The fraction of sp³-hybridized carbons (Fsp3) is 0.321. The molecule has 38 heavy (non-hydrogen) atoms. The van der Waals surface area contributed by atoms with Crippen LogP contribution < -0.4 is 4.90 Å². The minimum atomic E-state index is -3.62. The molecule has 1 amide bonds. The van der Waals surface area contributed by atoms with Gasteiger partial charge in [-0.05, 0) is 79.6 Å². The molecule has 0 radical (unpaired) electrons. The van der Waals surface area contributed by atoms with E-state index >= 15 is 0 Å². The minimum absolute atomic E-state index is 0.0238. The number of rotatable bonds is 8. The lowest BCUT2D eigenvalue weighted by molar-refractivity contribution is 0.0985. The highest BCUT2D eigenvalue weighted by atomic mass is 32.2. The lowest BCUT2D eigenvalue weighted by Gasteiger charge is -2.34. The van der Waals surface area contributed by atoms with E-state index in [-0.39, 0.29) is 16.8 Å². The third kappa shape index (κ3) is 5.49. The number of hydrogen-bond acceptors (Lipinski definition) is 7. The highest BCUT2D eigenvalue weighted by Gasteiger charge is 2.32. The maximum Gasteiger partial charge on any atom is 0.260 e. The SMILES string of the molecule is CCC1CCCCN1S(=O)(=O)c1ccc(C(=O)N(Cc2cccnc2)c2nc3ccc(SC)cc3s2)cc1. The van der Waals surface area contributed by atoms with Gasteiger partial charge in [0, 0.05) is 35.4 Å². The normalized spacial score (nSPS) is 16.5. The van der Waals surface area contributed by atoms with Crippen LogP contribution in [0, 0.1) is 0 Å². The second-order valence-electron chi connectivity index (χ2n) is 9.28. The molecule has 0 spiro atoms. The van der Waals surface area contributed by atoms with Crippen molar-refractivity contribution in [1.82, 2.24) is 14.3 Å². The molecule has 0 saturated carbocycles. The Bertz CT molecular complexity index is 1520. The number of carbonyl (C=O) groups is 1. The highest BCUT2D eigenvalue weighted by molar-refractivity contribution is 7.98. The number of aromatic nitrogens is 2. The Balaban J connectivity index is 1.46. The van der Waals surface area contributed by atoms with Gasteiger partial charge in [0.15, 0.2) is 5.13 Å². The molecule has 5 rings (SSSR count). The number of pyridine rings is 1. The largest absolute Gasteiger partial charge is 0.279 e. The molecule has 2 aromatic carbocycles. The number of thioether (sulfide) groups is 1. The van der Waals surface area contributed by atoms with E-state index in [1.807, 2.05) is 37.4 Å². The molecule has 1 aliphatic rings. The van der Waals surface area contributed by atoms with Gasteiger partial charge < -0.3 is 0 Å². The predicted octanol–water partition coefficient (Wildman–Crippen LogP) is 6.21. The van der Waals surface area contributed by atoms with Crippen LogP contribution in [0.2, 0.25) is 0 Å². The van der Waals surface area contributed by atoms with Gasteiger partial charge in [0.05, 0.1) is 21.7 Å². The quantitative estimate of drug-likeness (QED) is 0.236. The van der Waals surface area contributed by atoms with Crippen molar-refractivity contribution in [1.29, 1.82) is 0 Å². The molecule has 4 aromatic rings. The number of anilines is 1. The molecule has 1 atom stereocenters. The second-order valence-corrected chi connectivity index (χ2v) is 13.1. The average Bonchev–Trinajstić information content (AvgIpc) is 3.39. The molecule has 1 saturated heterocycles. The Morgan fingerprint density at radius 1 is 1.16 bits per heavy atom. The molecule has 198 valence electrons. The zero-order valence-corrected chi connectivity index (χ0v) is 23.9. The number of hydrogen-bond donors (Lipinski definition) is 0. The summed E-state index contributed by atoms with van der Waals surface area (Å²) in [6.07, 6.45) is 9.06. The molecule has 7 nitrogen and oxygen atoms in total. The first-order valence-corrected chi connectivity index (χ1v) is 16.2. The molecule has 3 heterocycles. The summed E-state index contributed by atoms with van der Waals surface area (Å²) in [6, 6.07) is 16.2. The van der Waals surface area contributed by atoms with Crippen LogP contribution >= 0.6 is 23.1 Å². The van der Waals surface area contributed by atoms with E-state index in [4.69, 9.17) is 4.98 Å². The summed E-state index contributed by atoms with van der Waals surface area (Å²) in [7, 11) is -3.62. The number of thiazole rings is 1. The number of amides is 1. The smallest absolute Gasteiger partial charge is 0.260 e. The number of sulfonamides is 1. The molecule has 0 N–H and O–H groups in total. The van der Waals surface area contributed by atoms with Crippen LogP contribution in [0.25, 0.3) is 10.2 Å². The first-order chi connectivity index (χ1) is 18.4. The highest BCUT2D eigenvalue weighted by Crippen LogP contribution is 2.33. The Hall–Kier alpha value is -2.79. The lowest BCUT2D eigenvalue weighted by atomic mass is 10.0. The summed E-state index contributed by atoms with van der Waals surface area (Å²) in [4.78, 5) is 25.8. The van der Waals surface area contributed by atoms with Crippen LogP contribution in [0.1, 0.15) is 48.5 Å². The first kappa shape index (κ1) is 26.8. The molecule has 10 heteroatoms. The zero-order valence-electron chi connectivity index (χ0n) is 21.4. The molecule has 1 unspecified atom stereocenters. The summed E-state index contributed by atoms with van der Waals surface area (Å²) in [5.41, 5.74) is 2.11. The minimum Gasteiger partial charge on any atom is -0.279 e. The number of benzene rings is 2. The van der Waals surface area contributed by atoms with Gasteiger partial charge in [0.25, 0.3) is 5.91 Å². The van der Waals surface area contributed by atoms with Crippen LogP contribution in [0.5, 0.6) is 0 Å². The number of fused-ring (bicyclic) bond motifs is 1. The first-order valence-electron chi connectivity index (χ1n) is 12.7. The van der Waals surface area contributed by atoms with Crippen LogP contribution in [0.4, 0.5) is 5.13 Å². The van der Waals surface area contributed by atoms with Crippen LogP contribution in [0.3, 0.4) is 0 Å². The maximum absolute atomic E-state index is 13.8. The third-order valence-electron chi connectivity index (χ3n) is 6.88. The standard InChI is InChI=1S/C28H30N4O3S3/c1-3-22-8-4-5-16-32(22)38(34,35)24-12-9-21(10-13-24)27(33)31(19-20-7-6-15-29-18-20)28-30-25-14-11-23(36-2)17-26(25)37-28/h6-7,9-15,17-18,22H,3-5,8,16,19H2,1-2H3. The monoisotopic (exact) mass is 566 g/mol. The zero-order chi connectivity index (χ0) is 26.7. The van der Waals surface area contributed by atoms with Crippen LogP contribution in [-0.4, -0.2) is 47.4 Å². The van der Waals surface area contributed by atoms with E-state index < -0.39 is 10.0 Å². The van der Waals surface area contributed by atoms with Crippen molar-refractivity contribution < 1.29 is 13.2 Å². The summed E-state index contributed by atoms with van der Waals surface area (Å²) in [6.45, 7) is 2.87. The molecular formula is C28H30N4O3S3. The third-order valence-corrected chi connectivity index (χ3v) is 10.6. The Morgan fingerprint density at radius 3 is 2.68 bits per heavy atom. The van der Waals surface area contributed by atoms with Crippen molar-refractivity contribution in [3.05, 3.63) is 78.1 Å². The van der Waals surface area contributed by atoms with Crippen molar-refractivity contribution in [3.8, 4) is 0 Å². The fourth-order valence-electron chi connectivity index (χ4n) is 4.79. The molecular weight excluding hydrogens is 537 g/mol. The summed E-state index contributed by atoms with van der Waals surface area (Å²) < 4.78 is 29.4. The van der Waals surface area contributed by atoms with E-state index in [2.05, 4.69) is 11.1 Å². The van der Waals surface area contributed by atoms with Gasteiger partial charge in [-0.15, -0.1) is 11.8 Å². The Morgan fingerprint density at radius 2 is 1.97 bits per heavy atom. The molecule has 0 bridgehead atoms. The van der Waals surface area contributed by atoms with E-state index in [9.17, 15) is 13.2 Å². The number of carbonyl (C=O) groups excluding carboxylic acids is 1. The van der Waals surface area contributed by atoms with E-state index in [1.165, 1.54) is 11.3 Å². The van der Waals surface area contributed by atoms with Gasteiger partial charge in [0.2, 0.25) is 10.0 Å². The van der Waals surface area contributed by atoms with Gasteiger partial charge in [0.1, 0.15) is 0 Å². The van der Waals surface area contributed by atoms with Gasteiger partial charge >= 0.3 is 0 Å². The van der Waals surface area contributed by atoms with Gasteiger partial charge in [-0.3, -0.25) is 14.7 Å². The predicted molar refractivity (Wildman–Crippen MR) is 154 cm³/mol. The average molecular weight is 567 g/mol. The van der Waals surface area contributed by atoms with E-state index in [1.54, 1.807) is 57.6 Å². The van der Waals surface area contributed by atoms with Crippen molar-refractivity contribution in [2.75, 3.05) is 17.7 Å². The molecule has 1 aliphatic heterocycles. The topological polar surface area (TPSA) is 83.5 Å². The summed E-state index contributed by atoms with van der Waals surface area (Å²) >= 11 is 3.12. The van der Waals surface area contributed by atoms with Crippen molar-refractivity contribution in [2.45, 2.75) is 55.0 Å². The maximum atomic E-state index is 13.8. The van der Waals surface area contributed by atoms with Gasteiger partial charge in [-0.2, -0.15) is 4.31 Å². The van der Waals surface area contributed by atoms with Crippen molar-refractivity contribution in [2.24, 2.45) is 0 Å². The lowest BCUT2D eigenvalue weighted by Crippen LogP contribution is -2.43. The van der Waals surface area contributed by atoms with Gasteiger partial charge in [-0.1, -0.05) is 30.7 Å². The van der Waals surface area contributed by atoms with E-state index in [0.717, 1.165) is 46.4 Å². The Kier molecular flexibility index (Phi) is 8.13. The second kappa shape index (κ2) is 11.5. The van der Waals surface area contributed by atoms with Gasteiger partial charge in [-0.25, -0.2) is 13.4 Å².